The van der Waals surface area contributed by atoms with Gasteiger partial charge >= 0.3 is 0 Å². The van der Waals surface area contributed by atoms with E-state index in [0.29, 0.717) is 0 Å². The Kier molecular flexibility index (Phi) is 3.30. The maximum absolute atomic E-state index is 10.7. The van der Waals surface area contributed by atoms with Gasteiger partial charge in [0.2, 0.25) is 0 Å². The Morgan fingerprint density at radius 2 is 1.87 bits per heavy atom. The lowest BCUT2D eigenvalue weighted by atomic mass is 10.1. The molecule has 0 N–H and O–H groups in total. The normalized spacial score (nSPS) is 10.1. The fourth-order valence-electron chi connectivity index (χ4n) is 1.56. The summed E-state index contributed by atoms with van der Waals surface area (Å²) in [6.07, 6.45) is 2.90. The largest absolute Gasteiger partial charge is 0.298 e. The zero-order valence-electron chi connectivity index (χ0n) is 8.35. The number of benzene rings is 1. The molecule has 2 heteroatoms. The monoisotopic (exact) mass is 216 g/mol. The second-order valence-electron chi connectivity index (χ2n) is 3.40. The van der Waals surface area contributed by atoms with Crippen molar-refractivity contribution in [2.24, 2.45) is 0 Å². The van der Waals surface area contributed by atoms with Gasteiger partial charge in [-0.25, -0.2) is 0 Å². The third-order valence-corrected chi connectivity index (χ3v) is 3.39. The first-order valence-corrected chi connectivity index (χ1v) is 5.83. The van der Waals surface area contributed by atoms with Crippen molar-refractivity contribution in [3.8, 4) is 0 Å². The standard InChI is InChI=1S/C13H12OS/c14-10-12-8-9-15-13(12)7-6-11-4-2-1-3-5-11/h1-5,8-10H,6-7H2. The van der Waals surface area contributed by atoms with Crippen LogP contribution in [0.25, 0.3) is 0 Å². The summed E-state index contributed by atoms with van der Waals surface area (Å²) < 4.78 is 0. The van der Waals surface area contributed by atoms with E-state index in [9.17, 15) is 4.79 Å². The molecule has 0 atom stereocenters. The SMILES string of the molecule is O=Cc1ccsc1CCc1ccccc1. The van der Waals surface area contributed by atoms with Crippen LogP contribution in [0.1, 0.15) is 20.8 Å². The molecule has 0 aliphatic carbocycles. The van der Waals surface area contributed by atoms with E-state index in [-0.39, 0.29) is 0 Å². The van der Waals surface area contributed by atoms with Crippen molar-refractivity contribution in [1.82, 2.24) is 0 Å². The van der Waals surface area contributed by atoms with Crippen LogP contribution in [-0.2, 0) is 12.8 Å². The predicted molar refractivity (Wildman–Crippen MR) is 63.6 cm³/mol. The van der Waals surface area contributed by atoms with E-state index >= 15 is 0 Å². The Morgan fingerprint density at radius 1 is 1.07 bits per heavy atom. The van der Waals surface area contributed by atoms with E-state index in [1.54, 1.807) is 11.3 Å². The van der Waals surface area contributed by atoms with Crippen LogP contribution in [0.2, 0.25) is 0 Å². The minimum absolute atomic E-state index is 0.843. The van der Waals surface area contributed by atoms with E-state index in [0.717, 1.165) is 24.7 Å². The van der Waals surface area contributed by atoms with Gasteiger partial charge in [-0.05, 0) is 29.9 Å². The highest BCUT2D eigenvalue weighted by molar-refractivity contribution is 7.10. The summed E-state index contributed by atoms with van der Waals surface area (Å²) in [5, 5.41) is 1.98. The zero-order valence-corrected chi connectivity index (χ0v) is 9.17. The van der Waals surface area contributed by atoms with E-state index in [1.807, 2.05) is 29.6 Å². The summed E-state index contributed by atoms with van der Waals surface area (Å²) in [4.78, 5) is 11.9. The first-order valence-electron chi connectivity index (χ1n) is 4.95. The van der Waals surface area contributed by atoms with Gasteiger partial charge in [0.1, 0.15) is 0 Å². The second kappa shape index (κ2) is 4.89. The Bertz CT molecular complexity index is 431. The van der Waals surface area contributed by atoms with Gasteiger partial charge in [-0.3, -0.25) is 4.79 Å². The lowest BCUT2D eigenvalue weighted by Gasteiger charge is -1.99. The molecule has 0 saturated carbocycles. The minimum Gasteiger partial charge on any atom is -0.298 e. The first kappa shape index (κ1) is 10.1. The maximum atomic E-state index is 10.7. The van der Waals surface area contributed by atoms with Crippen LogP contribution in [0.15, 0.2) is 41.8 Å². The van der Waals surface area contributed by atoms with Gasteiger partial charge in [0.25, 0.3) is 0 Å². The molecule has 76 valence electrons. The highest BCUT2D eigenvalue weighted by Crippen LogP contribution is 2.17. The van der Waals surface area contributed by atoms with Crippen molar-refractivity contribution < 1.29 is 4.79 Å². The number of aryl methyl sites for hydroxylation is 2. The quantitative estimate of drug-likeness (QED) is 0.716. The van der Waals surface area contributed by atoms with Crippen molar-refractivity contribution in [2.45, 2.75) is 12.8 Å². The average Bonchev–Trinajstić information content (AvgIpc) is 2.75. The van der Waals surface area contributed by atoms with Gasteiger partial charge in [-0.2, -0.15) is 0 Å². The van der Waals surface area contributed by atoms with Crippen molar-refractivity contribution in [3.63, 3.8) is 0 Å². The predicted octanol–water partition coefficient (Wildman–Crippen LogP) is 3.35. The molecule has 1 heterocycles. The lowest BCUT2D eigenvalue weighted by molar-refractivity contribution is 0.112. The summed E-state index contributed by atoms with van der Waals surface area (Å²) in [5.41, 5.74) is 2.17. The Morgan fingerprint density at radius 3 is 2.60 bits per heavy atom. The zero-order chi connectivity index (χ0) is 10.5. The highest BCUT2D eigenvalue weighted by atomic mass is 32.1. The molecule has 0 amide bonds. The Labute approximate surface area is 93.4 Å². The molecule has 1 nitrogen and oxygen atoms in total. The lowest BCUT2D eigenvalue weighted by Crippen LogP contribution is -1.91. The van der Waals surface area contributed by atoms with Crippen LogP contribution in [0, 0.1) is 0 Å². The third kappa shape index (κ3) is 2.54. The molecule has 0 bridgehead atoms. The Hall–Kier alpha value is -1.41. The van der Waals surface area contributed by atoms with Gasteiger partial charge in [-0.1, -0.05) is 30.3 Å². The van der Waals surface area contributed by atoms with Gasteiger partial charge < -0.3 is 0 Å². The fourth-order valence-corrected chi connectivity index (χ4v) is 2.41. The second-order valence-corrected chi connectivity index (χ2v) is 4.40. The van der Waals surface area contributed by atoms with E-state index in [4.69, 9.17) is 0 Å². The van der Waals surface area contributed by atoms with Crippen LogP contribution in [0.5, 0.6) is 0 Å². The third-order valence-electron chi connectivity index (χ3n) is 2.39. The number of carbonyl (C=O) groups excluding carboxylic acids is 1. The molecule has 0 fully saturated rings. The molecule has 15 heavy (non-hydrogen) atoms. The van der Waals surface area contributed by atoms with Crippen molar-refractivity contribution in [2.75, 3.05) is 0 Å². The molecule has 0 radical (unpaired) electrons. The summed E-state index contributed by atoms with van der Waals surface area (Å²) in [6.45, 7) is 0. The summed E-state index contributed by atoms with van der Waals surface area (Å²) in [7, 11) is 0. The van der Waals surface area contributed by atoms with Gasteiger partial charge in [0.05, 0.1) is 0 Å². The number of hydrogen-bond acceptors (Lipinski definition) is 2. The molecule has 1 aromatic carbocycles. The van der Waals surface area contributed by atoms with Crippen LogP contribution in [0.4, 0.5) is 0 Å². The molecule has 1 aromatic heterocycles. The maximum Gasteiger partial charge on any atom is 0.151 e. The average molecular weight is 216 g/mol. The van der Waals surface area contributed by atoms with Crippen LogP contribution in [0.3, 0.4) is 0 Å². The number of rotatable bonds is 4. The molecule has 0 aliphatic rings. The molecular formula is C13H12OS. The molecule has 2 aromatic rings. The highest BCUT2D eigenvalue weighted by Gasteiger charge is 2.02. The fraction of sp³-hybridized carbons (Fsp3) is 0.154. The molecule has 2 rings (SSSR count). The topological polar surface area (TPSA) is 17.1 Å². The first-order chi connectivity index (χ1) is 7.40. The number of hydrogen-bond donors (Lipinski definition) is 0. The van der Waals surface area contributed by atoms with Gasteiger partial charge in [0.15, 0.2) is 6.29 Å². The van der Waals surface area contributed by atoms with Gasteiger partial charge in [-0.15, -0.1) is 11.3 Å². The minimum atomic E-state index is 0.843. The van der Waals surface area contributed by atoms with Crippen LogP contribution >= 0.6 is 11.3 Å². The van der Waals surface area contributed by atoms with Crippen LogP contribution < -0.4 is 0 Å². The van der Waals surface area contributed by atoms with E-state index < -0.39 is 0 Å². The van der Waals surface area contributed by atoms with Gasteiger partial charge in [0, 0.05) is 10.4 Å². The smallest absolute Gasteiger partial charge is 0.151 e. The van der Waals surface area contributed by atoms with Crippen molar-refractivity contribution in [3.05, 3.63) is 57.8 Å². The Balaban J connectivity index is 2.02. The summed E-state index contributed by atoms with van der Waals surface area (Å²) in [5.74, 6) is 0. The van der Waals surface area contributed by atoms with E-state index in [2.05, 4.69) is 12.1 Å². The summed E-state index contributed by atoms with van der Waals surface area (Å²) >= 11 is 1.66. The molecule has 0 aliphatic heterocycles. The van der Waals surface area contributed by atoms with Crippen LogP contribution in [-0.4, -0.2) is 6.29 Å². The molecule has 0 saturated heterocycles. The number of carbonyl (C=O) groups is 1. The molecular weight excluding hydrogens is 204 g/mol. The number of aldehydes is 1. The molecule has 0 unspecified atom stereocenters. The van der Waals surface area contributed by atoms with E-state index in [1.165, 1.54) is 10.4 Å². The van der Waals surface area contributed by atoms with Crippen molar-refractivity contribution in [1.29, 1.82) is 0 Å². The van der Waals surface area contributed by atoms with Crippen molar-refractivity contribution >= 4 is 17.6 Å². The number of thiophene rings is 1. The summed E-state index contributed by atoms with van der Waals surface area (Å²) in [6, 6.07) is 12.2. The molecule has 0 spiro atoms.